The molecule has 1 unspecified atom stereocenters. The molecule has 1 atom stereocenters. The van der Waals surface area contributed by atoms with E-state index in [1.807, 2.05) is 32.9 Å². The normalized spacial score (nSPS) is 13.0. The molecule has 1 amide bonds. The fourth-order valence-corrected chi connectivity index (χ4v) is 2.03. The Morgan fingerprint density at radius 1 is 1.25 bits per heavy atom. The molecule has 0 aromatic carbocycles. The van der Waals surface area contributed by atoms with E-state index in [0.717, 1.165) is 11.1 Å². The Morgan fingerprint density at radius 3 is 2.50 bits per heavy atom. The molecule has 2 heterocycles. The number of carboxylic acid groups (broad SMARTS) is 1. The van der Waals surface area contributed by atoms with Gasteiger partial charge in [0.1, 0.15) is 11.7 Å². The summed E-state index contributed by atoms with van der Waals surface area (Å²) >= 11 is 0. The largest absolute Gasteiger partial charge is 0.479 e. The summed E-state index contributed by atoms with van der Waals surface area (Å²) in [5.74, 6) is -1.58. The van der Waals surface area contributed by atoms with Crippen LogP contribution in [0.1, 0.15) is 31.3 Å². The number of allylic oxidation sites excluding steroid dienone is 1. The molecule has 6 nitrogen and oxygen atoms in total. The molecule has 2 aromatic rings. The number of hydrogen-bond donors (Lipinski definition) is 3. The summed E-state index contributed by atoms with van der Waals surface area (Å²) < 4.78 is 0. The molecule has 2 rings (SSSR count). The van der Waals surface area contributed by atoms with Crippen molar-refractivity contribution in [2.45, 2.75) is 26.8 Å². The molecule has 0 aliphatic carbocycles. The van der Waals surface area contributed by atoms with Gasteiger partial charge in [0.05, 0.1) is 0 Å². The number of hydrogen-bond acceptors (Lipinski definition) is 3. The van der Waals surface area contributed by atoms with Gasteiger partial charge < -0.3 is 15.4 Å². The van der Waals surface area contributed by atoms with Crippen molar-refractivity contribution in [1.82, 2.24) is 15.3 Å². The fraction of sp³-hybridized carbons (Fsp3) is 0.278. The van der Waals surface area contributed by atoms with Crippen LogP contribution in [0, 0.1) is 5.41 Å². The van der Waals surface area contributed by atoms with Gasteiger partial charge in [0, 0.05) is 24.2 Å². The Balaban J connectivity index is 2.12. The van der Waals surface area contributed by atoms with Crippen LogP contribution < -0.4 is 5.32 Å². The van der Waals surface area contributed by atoms with E-state index in [4.69, 9.17) is 0 Å². The molecule has 3 N–H and O–H groups in total. The van der Waals surface area contributed by atoms with Gasteiger partial charge in [0.2, 0.25) is 0 Å². The van der Waals surface area contributed by atoms with Gasteiger partial charge >= 0.3 is 5.97 Å². The van der Waals surface area contributed by atoms with Crippen molar-refractivity contribution in [2.24, 2.45) is 5.41 Å². The second-order valence-electron chi connectivity index (χ2n) is 6.55. The van der Waals surface area contributed by atoms with Crippen molar-refractivity contribution in [1.29, 1.82) is 0 Å². The quantitative estimate of drug-likeness (QED) is 0.736. The molecule has 2 aromatic heterocycles. The summed E-state index contributed by atoms with van der Waals surface area (Å²) in [6.07, 6.45) is 8.29. The summed E-state index contributed by atoms with van der Waals surface area (Å²) in [5.41, 5.74) is 1.89. The van der Waals surface area contributed by atoms with E-state index in [0.29, 0.717) is 5.69 Å². The molecule has 0 fully saturated rings. The van der Waals surface area contributed by atoms with E-state index in [2.05, 4.69) is 15.3 Å². The number of nitrogens with zero attached hydrogens (tertiary/aromatic N) is 1. The zero-order valence-corrected chi connectivity index (χ0v) is 13.9. The number of aromatic nitrogens is 2. The van der Waals surface area contributed by atoms with Crippen LogP contribution in [0.4, 0.5) is 0 Å². The first-order valence-electron chi connectivity index (χ1n) is 7.58. The number of carboxylic acids is 1. The van der Waals surface area contributed by atoms with Gasteiger partial charge in [-0.3, -0.25) is 9.78 Å². The topological polar surface area (TPSA) is 95.1 Å². The minimum Gasteiger partial charge on any atom is -0.479 e. The van der Waals surface area contributed by atoms with Crippen LogP contribution in [0.25, 0.3) is 11.1 Å². The lowest BCUT2D eigenvalue weighted by Crippen LogP contribution is -2.39. The molecular weight excluding hydrogens is 306 g/mol. The lowest BCUT2D eigenvalue weighted by molar-refractivity contribution is -0.137. The summed E-state index contributed by atoms with van der Waals surface area (Å²) in [6, 6.07) is 4.26. The van der Waals surface area contributed by atoms with E-state index in [-0.39, 0.29) is 5.41 Å². The van der Waals surface area contributed by atoms with Gasteiger partial charge in [-0.15, -0.1) is 0 Å². The average molecular weight is 327 g/mol. The number of aliphatic carboxylic acids is 1. The first-order chi connectivity index (χ1) is 11.3. The monoisotopic (exact) mass is 327 g/mol. The predicted molar refractivity (Wildman–Crippen MR) is 91.5 cm³/mol. The Hall–Kier alpha value is -2.89. The second kappa shape index (κ2) is 7.12. The molecule has 0 spiro atoms. The zero-order valence-electron chi connectivity index (χ0n) is 13.9. The third-order valence-corrected chi connectivity index (χ3v) is 3.28. The molecule has 0 aliphatic rings. The molecule has 0 aliphatic heterocycles. The third kappa shape index (κ3) is 4.81. The third-order valence-electron chi connectivity index (χ3n) is 3.28. The summed E-state index contributed by atoms with van der Waals surface area (Å²) in [7, 11) is 0. The minimum atomic E-state index is -1.11. The molecule has 0 saturated carbocycles. The number of pyridine rings is 1. The van der Waals surface area contributed by atoms with Crippen molar-refractivity contribution in [2.75, 3.05) is 0 Å². The summed E-state index contributed by atoms with van der Waals surface area (Å²) in [5, 5.41) is 11.8. The first-order valence-corrected chi connectivity index (χ1v) is 7.58. The van der Waals surface area contributed by atoms with E-state index >= 15 is 0 Å². The van der Waals surface area contributed by atoms with Gasteiger partial charge in [-0.2, -0.15) is 0 Å². The van der Waals surface area contributed by atoms with Crippen LogP contribution in [-0.2, 0) is 4.79 Å². The van der Waals surface area contributed by atoms with Crippen molar-refractivity contribution in [3.63, 3.8) is 0 Å². The lowest BCUT2D eigenvalue weighted by atomic mass is 9.95. The number of amides is 1. The highest BCUT2D eigenvalue weighted by atomic mass is 16.4. The Labute approximate surface area is 140 Å². The number of carbonyl (C=O) groups excluding carboxylic acids is 1. The maximum atomic E-state index is 12.3. The predicted octanol–water partition coefficient (Wildman–Crippen LogP) is 2.86. The van der Waals surface area contributed by atoms with E-state index in [1.54, 1.807) is 30.7 Å². The second-order valence-corrected chi connectivity index (χ2v) is 6.55. The Morgan fingerprint density at radius 2 is 1.92 bits per heavy atom. The molecule has 24 heavy (non-hydrogen) atoms. The van der Waals surface area contributed by atoms with Gasteiger partial charge in [0.25, 0.3) is 5.91 Å². The van der Waals surface area contributed by atoms with Crippen LogP contribution in [-0.4, -0.2) is 33.0 Å². The standard InChI is InChI=1S/C18H21N3O3/c1-18(2,3)7-4-14(17(23)24)21-16(22)15-10-13(11-20-15)12-5-8-19-9-6-12/h4-11,14,20H,1-3H3,(H,21,22)(H,23,24)/b7-4+. The van der Waals surface area contributed by atoms with Gasteiger partial charge in [0.15, 0.2) is 0 Å². The lowest BCUT2D eigenvalue weighted by Gasteiger charge is -2.14. The van der Waals surface area contributed by atoms with Gasteiger partial charge in [-0.1, -0.05) is 32.9 Å². The van der Waals surface area contributed by atoms with Crippen molar-refractivity contribution in [3.8, 4) is 11.1 Å². The highest BCUT2D eigenvalue weighted by Crippen LogP contribution is 2.19. The molecule has 126 valence electrons. The summed E-state index contributed by atoms with van der Waals surface area (Å²) in [4.78, 5) is 30.4. The SMILES string of the molecule is CC(C)(C)/C=C/C(NC(=O)c1cc(-c2ccncc2)c[nH]1)C(=O)O. The van der Waals surface area contributed by atoms with Crippen molar-refractivity contribution >= 4 is 11.9 Å². The van der Waals surface area contributed by atoms with Gasteiger partial charge in [-0.25, -0.2) is 4.79 Å². The average Bonchev–Trinajstić information content (AvgIpc) is 3.01. The molecule has 0 bridgehead atoms. The Kier molecular flexibility index (Phi) is 5.18. The maximum absolute atomic E-state index is 12.3. The van der Waals surface area contributed by atoms with E-state index in [1.165, 1.54) is 6.08 Å². The van der Waals surface area contributed by atoms with Crippen LogP contribution in [0.2, 0.25) is 0 Å². The molecule has 0 radical (unpaired) electrons. The van der Waals surface area contributed by atoms with Crippen LogP contribution in [0.3, 0.4) is 0 Å². The van der Waals surface area contributed by atoms with Crippen molar-refractivity contribution in [3.05, 3.63) is 54.6 Å². The van der Waals surface area contributed by atoms with Crippen LogP contribution >= 0.6 is 0 Å². The number of nitrogens with one attached hydrogen (secondary N) is 2. The molecular formula is C18H21N3O3. The smallest absolute Gasteiger partial charge is 0.330 e. The fourth-order valence-electron chi connectivity index (χ4n) is 2.03. The van der Waals surface area contributed by atoms with Crippen LogP contribution in [0.15, 0.2) is 48.9 Å². The molecule has 6 heteroatoms. The van der Waals surface area contributed by atoms with Crippen molar-refractivity contribution < 1.29 is 14.7 Å². The zero-order chi connectivity index (χ0) is 17.7. The minimum absolute atomic E-state index is 0.167. The number of rotatable bonds is 5. The number of aromatic amines is 1. The number of H-pyrrole nitrogens is 1. The first kappa shape index (κ1) is 17.5. The molecule has 0 saturated heterocycles. The van der Waals surface area contributed by atoms with E-state index in [9.17, 15) is 14.7 Å². The highest BCUT2D eigenvalue weighted by Gasteiger charge is 2.20. The maximum Gasteiger partial charge on any atom is 0.330 e. The Bertz CT molecular complexity index is 742. The van der Waals surface area contributed by atoms with Gasteiger partial charge in [-0.05, 0) is 29.2 Å². The number of carbonyl (C=O) groups is 2. The summed E-state index contributed by atoms with van der Waals surface area (Å²) in [6.45, 7) is 5.86. The highest BCUT2D eigenvalue weighted by molar-refractivity contribution is 5.96. The van der Waals surface area contributed by atoms with E-state index < -0.39 is 17.9 Å². The van der Waals surface area contributed by atoms with Crippen LogP contribution in [0.5, 0.6) is 0 Å².